The Morgan fingerprint density at radius 3 is 2.91 bits per heavy atom. The molecule has 3 heterocycles. The highest BCUT2D eigenvalue weighted by Crippen LogP contribution is 2.30. The molecule has 0 radical (unpaired) electrons. The molecule has 1 N–H and O–H groups in total. The second-order valence-electron chi connectivity index (χ2n) is 5.88. The number of carboxylic acid groups (broad SMARTS) is 1. The van der Waals surface area contributed by atoms with Crippen LogP contribution in [0.4, 0.5) is 0 Å². The Kier molecular flexibility index (Phi) is 4.21. The van der Waals surface area contributed by atoms with Crippen LogP contribution in [0.5, 0.6) is 0 Å². The zero-order chi connectivity index (χ0) is 16.6. The average Bonchev–Trinajstić information content (AvgIpc) is 3.15. The van der Waals surface area contributed by atoms with Gasteiger partial charge in [-0.05, 0) is 37.8 Å². The minimum absolute atomic E-state index is 0.301. The molecule has 1 aliphatic rings. The van der Waals surface area contributed by atoms with Gasteiger partial charge in [-0.2, -0.15) is 0 Å². The van der Waals surface area contributed by atoms with E-state index in [2.05, 4.69) is 4.98 Å². The van der Waals surface area contributed by atoms with Crippen molar-refractivity contribution in [3.8, 4) is 10.8 Å². The van der Waals surface area contributed by atoms with Crippen LogP contribution in [0, 0.1) is 12.8 Å². The summed E-state index contributed by atoms with van der Waals surface area (Å²) in [5.41, 5.74) is 0.321. The summed E-state index contributed by atoms with van der Waals surface area (Å²) < 4.78 is 5.32. The molecule has 1 amide bonds. The predicted molar refractivity (Wildman–Crippen MR) is 85.4 cm³/mol. The van der Waals surface area contributed by atoms with Crippen molar-refractivity contribution in [2.24, 2.45) is 5.92 Å². The van der Waals surface area contributed by atoms with Gasteiger partial charge in [0.15, 0.2) is 10.8 Å². The molecule has 122 valence electrons. The van der Waals surface area contributed by atoms with Gasteiger partial charge in [0.2, 0.25) is 0 Å². The lowest BCUT2D eigenvalue weighted by atomic mass is 9.92. The Morgan fingerprint density at radius 1 is 1.48 bits per heavy atom. The summed E-state index contributed by atoms with van der Waals surface area (Å²) in [6.07, 6.45) is 2.85. The van der Waals surface area contributed by atoms with E-state index in [1.807, 2.05) is 13.8 Å². The Morgan fingerprint density at radius 2 is 2.26 bits per heavy atom. The smallest absolute Gasteiger partial charge is 0.326 e. The largest absolute Gasteiger partial charge is 0.480 e. The molecule has 2 aromatic rings. The van der Waals surface area contributed by atoms with Crippen molar-refractivity contribution < 1.29 is 19.1 Å². The third kappa shape index (κ3) is 3.01. The number of piperidine rings is 1. The SMILES string of the molecule is Cc1sc(-c2ccco2)nc1C(=O)N1CCC(C)CC1C(=O)O. The number of aliphatic carboxylic acids is 1. The van der Waals surface area contributed by atoms with Crippen LogP contribution in [0.3, 0.4) is 0 Å². The first kappa shape index (κ1) is 15.7. The maximum absolute atomic E-state index is 12.8. The number of nitrogens with zero attached hydrogens (tertiary/aromatic N) is 2. The highest BCUT2D eigenvalue weighted by atomic mass is 32.1. The summed E-state index contributed by atoms with van der Waals surface area (Å²) >= 11 is 1.37. The molecule has 0 aromatic carbocycles. The van der Waals surface area contributed by atoms with E-state index in [4.69, 9.17) is 4.42 Å². The minimum Gasteiger partial charge on any atom is -0.480 e. The molecular formula is C16H18N2O4S. The van der Waals surface area contributed by atoms with Gasteiger partial charge in [-0.15, -0.1) is 11.3 Å². The van der Waals surface area contributed by atoms with Gasteiger partial charge in [0.1, 0.15) is 11.7 Å². The van der Waals surface area contributed by atoms with Gasteiger partial charge >= 0.3 is 5.97 Å². The van der Waals surface area contributed by atoms with Gasteiger partial charge in [0.25, 0.3) is 5.91 Å². The van der Waals surface area contributed by atoms with Gasteiger partial charge in [-0.1, -0.05) is 6.92 Å². The molecule has 1 fully saturated rings. The molecular weight excluding hydrogens is 316 g/mol. The first-order chi connectivity index (χ1) is 11.0. The number of carbonyl (C=O) groups is 2. The number of likely N-dealkylation sites (tertiary alicyclic amines) is 1. The van der Waals surface area contributed by atoms with Crippen LogP contribution in [-0.4, -0.2) is 39.5 Å². The third-order valence-corrected chi connectivity index (χ3v) is 5.13. The molecule has 2 atom stereocenters. The van der Waals surface area contributed by atoms with Gasteiger partial charge in [0.05, 0.1) is 6.26 Å². The molecule has 0 aliphatic carbocycles. The molecule has 1 saturated heterocycles. The molecule has 7 heteroatoms. The van der Waals surface area contributed by atoms with Crippen LogP contribution in [0.15, 0.2) is 22.8 Å². The topological polar surface area (TPSA) is 83.6 Å². The van der Waals surface area contributed by atoms with E-state index in [0.717, 1.165) is 11.3 Å². The molecule has 2 unspecified atom stereocenters. The van der Waals surface area contributed by atoms with Crippen LogP contribution in [0.25, 0.3) is 10.8 Å². The number of carboxylic acids is 1. The summed E-state index contributed by atoms with van der Waals surface area (Å²) in [5, 5.41) is 10.1. The van der Waals surface area contributed by atoms with E-state index in [9.17, 15) is 14.7 Å². The fourth-order valence-electron chi connectivity index (χ4n) is 2.86. The monoisotopic (exact) mass is 334 g/mol. The maximum atomic E-state index is 12.8. The van der Waals surface area contributed by atoms with Crippen LogP contribution >= 0.6 is 11.3 Å². The van der Waals surface area contributed by atoms with Crippen LogP contribution in [0.2, 0.25) is 0 Å². The Bertz CT molecular complexity index is 723. The minimum atomic E-state index is -0.955. The number of thiazole rings is 1. The number of amides is 1. The number of aromatic nitrogens is 1. The molecule has 1 aliphatic heterocycles. The Balaban J connectivity index is 1.89. The zero-order valence-corrected chi connectivity index (χ0v) is 13.8. The first-order valence-electron chi connectivity index (χ1n) is 7.52. The molecule has 0 bridgehead atoms. The lowest BCUT2D eigenvalue weighted by Gasteiger charge is -2.35. The third-order valence-electron chi connectivity index (χ3n) is 4.14. The quantitative estimate of drug-likeness (QED) is 0.933. The second-order valence-corrected chi connectivity index (χ2v) is 7.09. The standard InChI is InChI=1S/C16H18N2O4S/c1-9-5-6-18(11(8-9)16(20)21)15(19)13-10(2)23-14(17-13)12-4-3-7-22-12/h3-4,7,9,11H,5-6,8H2,1-2H3,(H,20,21). The maximum Gasteiger partial charge on any atom is 0.326 e. The first-order valence-corrected chi connectivity index (χ1v) is 8.34. The highest BCUT2D eigenvalue weighted by Gasteiger charge is 2.36. The van der Waals surface area contributed by atoms with Gasteiger partial charge in [0, 0.05) is 11.4 Å². The molecule has 0 spiro atoms. The summed E-state index contributed by atoms with van der Waals surface area (Å²) in [6, 6.07) is 2.77. The van der Waals surface area contributed by atoms with E-state index < -0.39 is 12.0 Å². The summed E-state index contributed by atoms with van der Waals surface area (Å²) in [7, 11) is 0. The highest BCUT2D eigenvalue weighted by molar-refractivity contribution is 7.15. The summed E-state index contributed by atoms with van der Waals surface area (Å²) in [6.45, 7) is 4.28. The molecule has 6 nitrogen and oxygen atoms in total. The van der Waals surface area contributed by atoms with Crippen molar-refractivity contribution in [2.75, 3.05) is 6.54 Å². The Labute approximate surface area is 137 Å². The van der Waals surface area contributed by atoms with Crippen molar-refractivity contribution in [3.63, 3.8) is 0 Å². The van der Waals surface area contributed by atoms with Gasteiger partial charge in [-0.3, -0.25) is 4.79 Å². The van der Waals surface area contributed by atoms with Crippen molar-refractivity contribution in [3.05, 3.63) is 29.0 Å². The van der Waals surface area contributed by atoms with Crippen LogP contribution in [-0.2, 0) is 4.79 Å². The second kappa shape index (κ2) is 6.16. The van der Waals surface area contributed by atoms with Crippen LogP contribution in [0.1, 0.15) is 35.1 Å². The number of hydrogen-bond donors (Lipinski definition) is 1. The molecule has 3 rings (SSSR count). The normalized spacial score (nSPS) is 21.4. The number of furan rings is 1. The molecule has 0 saturated carbocycles. The average molecular weight is 334 g/mol. The Hall–Kier alpha value is -2.15. The predicted octanol–water partition coefficient (Wildman–Crippen LogP) is 3.04. The van der Waals surface area contributed by atoms with Crippen molar-refractivity contribution in [1.82, 2.24) is 9.88 Å². The summed E-state index contributed by atoms with van der Waals surface area (Å²) in [5.74, 6) is -0.352. The summed E-state index contributed by atoms with van der Waals surface area (Å²) in [4.78, 5) is 30.9. The molecule has 2 aromatic heterocycles. The fraction of sp³-hybridized carbons (Fsp3) is 0.438. The van der Waals surface area contributed by atoms with Gasteiger partial charge < -0.3 is 14.4 Å². The van der Waals surface area contributed by atoms with Crippen molar-refractivity contribution in [2.45, 2.75) is 32.7 Å². The number of rotatable bonds is 3. The lowest BCUT2D eigenvalue weighted by molar-refractivity contribution is -0.144. The molecule has 23 heavy (non-hydrogen) atoms. The lowest BCUT2D eigenvalue weighted by Crippen LogP contribution is -2.50. The van der Waals surface area contributed by atoms with E-state index >= 15 is 0 Å². The van der Waals surface area contributed by atoms with E-state index in [-0.39, 0.29) is 5.91 Å². The number of aryl methyl sites for hydroxylation is 1. The van der Waals surface area contributed by atoms with E-state index in [1.165, 1.54) is 16.2 Å². The van der Waals surface area contributed by atoms with Crippen molar-refractivity contribution >= 4 is 23.2 Å². The fourth-order valence-corrected chi connectivity index (χ4v) is 3.73. The van der Waals surface area contributed by atoms with Crippen molar-refractivity contribution in [1.29, 1.82) is 0 Å². The number of carbonyl (C=O) groups excluding carboxylic acids is 1. The number of hydrogen-bond acceptors (Lipinski definition) is 5. The van der Waals surface area contributed by atoms with Gasteiger partial charge in [-0.25, -0.2) is 9.78 Å². The van der Waals surface area contributed by atoms with E-state index in [0.29, 0.717) is 35.3 Å². The van der Waals surface area contributed by atoms with E-state index in [1.54, 1.807) is 18.4 Å². The van der Waals surface area contributed by atoms with Crippen LogP contribution < -0.4 is 0 Å². The zero-order valence-electron chi connectivity index (χ0n) is 13.0.